The maximum atomic E-state index is 12.7. The second-order valence-electron chi connectivity index (χ2n) is 6.53. The summed E-state index contributed by atoms with van der Waals surface area (Å²) in [5.41, 5.74) is 6.99. The Hall–Kier alpha value is -1.68. The largest absolute Gasteiger partial charge is 0.378 e. The number of hydrogen-bond acceptors (Lipinski definition) is 6. The van der Waals surface area contributed by atoms with Crippen LogP contribution in [0.4, 0.5) is 5.69 Å². The van der Waals surface area contributed by atoms with Crippen molar-refractivity contribution in [1.82, 2.24) is 5.32 Å². The third kappa shape index (κ3) is 4.49. The fourth-order valence-electron chi connectivity index (χ4n) is 2.95. The number of anilines is 1. The highest BCUT2D eigenvalue weighted by molar-refractivity contribution is 7.89. The minimum absolute atomic E-state index is 0.0720. The van der Waals surface area contributed by atoms with Gasteiger partial charge in [-0.05, 0) is 37.0 Å². The van der Waals surface area contributed by atoms with Gasteiger partial charge in [-0.3, -0.25) is 4.79 Å². The number of nitrogens with zero attached hydrogens (tertiary/aromatic N) is 1. The number of carbonyl (C=O) groups is 1. The Kier molecular flexibility index (Phi) is 5.28. The molecule has 5 N–H and O–H groups in total. The number of amides is 1. The van der Waals surface area contributed by atoms with E-state index in [0.29, 0.717) is 44.5 Å². The van der Waals surface area contributed by atoms with E-state index in [2.05, 4.69) is 5.32 Å². The van der Waals surface area contributed by atoms with E-state index in [1.54, 1.807) is 6.07 Å². The molecule has 1 saturated carbocycles. The van der Waals surface area contributed by atoms with E-state index in [-0.39, 0.29) is 22.4 Å². The lowest BCUT2D eigenvalue weighted by Crippen LogP contribution is -2.40. The van der Waals surface area contributed by atoms with Crippen molar-refractivity contribution < 1.29 is 17.9 Å². The average molecular weight is 368 g/mol. The van der Waals surface area contributed by atoms with Gasteiger partial charge in [0.15, 0.2) is 0 Å². The number of ether oxygens (including phenoxy) is 1. The molecule has 1 aromatic carbocycles. The predicted octanol–water partition coefficient (Wildman–Crippen LogP) is -0.362. The lowest BCUT2D eigenvalue weighted by molar-refractivity contribution is 0.0948. The first-order valence-electron chi connectivity index (χ1n) is 8.39. The molecule has 25 heavy (non-hydrogen) atoms. The van der Waals surface area contributed by atoms with Crippen LogP contribution in [0.15, 0.2) is 23.1 Å². The molecule has 2 fully saturated rings. The number of carbonyl (C=O) groups excluding carboxylic acids is 1. The quantitative estimate of drug-likeness (QED) is 0.629. The molecule has 1 atom stereocenters. The first-order valence-corrected chi connectivity index (χ1v) is 9.94. The molecule has 2 aliphatic rings. The molecule has 0 radical (unpaired) electrons. The molecule has 9 heteroatoms. The Bertz CT molecular complexity index is 743. The first-order chi connectivity index (χ1) is 11.9. The van der Waals surface area contributed by atoms with Gasteiger partial charge in [-0.2, -0.15) is 0 Å². The van der Waals surface area contributed by atoms with Gasteiger partial charge in [0.2, 0.25) is 10.0 Å². The molecule has 1 aliphatic carbocycles. The molecule has 8 nitrogen and oxygen atoms in total. The summed E-state index contributed by atoms with van der Waals surface area (Å²) in [6.07, 6.45) is 2.19. The summed E-state index contributed by atoms with van der Waals surface area (Å²) in [5.74, 6) is 0.123. The molecule has 1 saturated heterocycles. The van der Waals surface area contributed by atoms with Gasteiger partial charge in [-0.1, -0.05) is 0 Å². The Morgan fingerprint density at radius 1 is 1.32 bits per heavy atom. The molecule has 1 unspecified atom stereocenters. The summed E-state index contributed by atoms with van der Waals surface area (Å²) in [6, 6.07) is 4.31. The van der Waals surface area contributed by atoms with Crippen LogP contribution in [0.3, 0.4) is 0 Å². The van der Waals surface area contributed by atoms with Crippen LogP contribution in [-0.4, -0.2) is 53.2 Å². The summed E-state index contributed by atoms with van der Waals surface area (Å²) in [4.78, 5) is 14.6. The van der Waals surface area contributed by atoms with E-state index in [0.717, 1.165) is 12.8 Å². The fraction of sp³-hybridized carbons (Fsp3) is 0.562. The summed E-state index contributed by atoms with van der Waals surface area (Å²) >= 11 is 0. The van der Waals surface area contributed by atoms with Gasteiger partial charge < -0.3 is 20.7 Å². The van der Waals surface area contributed by atoms with Crippen molar-refractivity contribution in [1.29, 1.82) is 0 Å². The summed E-state index contributed by atoms with van der Waals surface area (Å²) < 4.78 is 28.6. The maximum absolute atomic E-state index is 12.7. The van der Waals surface area contributed by atoms with Crippen molar-refractivity contribution in [2.45, 2.75) is 23.8 Å². The Labute approximate surface area is 147 Å². The lowest BCUT2D eigenvalue weighted by atomic mass is 10.1. The van der Waals surface area contributed by atoms with Crippen molar-refractivity contribution in [2.75, 3.05) is 37.7 Å². The van der Waals surface area contributed by atoms with Gasteiger partial charge in [0.05, 0.1) is 23.7 Å². The summed E-state index contributed by atoms with van der Waals surface area (Å²) in [7, 11) is -3.89. The van der Waals surface area contributed by atoms with E-state index in [1.807, 2.05) is 4.90 Å². The first kappa shape index (κ1) is 18.1. The molecule has 1 aromatic rings. The highest BCUT2D eigenvalue weighted by Crippen LogP contribution is 2.31. The molecule has 138 valence electrons. The zero-order valence-corrected chi connectivity index (χ0v) is 14.8. The smallest absolute Gasteiger partial charge is 0.253 e. The number of benzene rings is 1. The van der Waals surface area contributed by atoms with Crippen LogP contribution in [0.1, 0.15) is 23.2 Å². The van der Waals surface area contributed by atoms with Crippen molar-refractivity contribution in [3.8, 4) is 0 Å². The summed E-state index contributed by atoms with van der Waals surface area (Å²) in [6.45, 7) is 2.76. The highest BCUT2D eigenvalue weighted by atomic mass is 32.2. The fourth-order valence-corrected chi connectivity index (χ4v) is 3.49. The minimum Gasteiger partial charge on any atom is -0.378 e. The van der Waals surface area contributed by atoms with Crippen LogP contribution in [0.2, 0.25) is 0 Å². The van der Waals surface area contributed by atoms with Crippen LogP contribution < -0.4 is 21.1 Å². The zero-order valence-electron chi connectivity index (χ0n) is 14.0. The van der Waals surface area contributed by atoms with E-state index in [9.17, 15) is 13.2 Å². The van der Waals surface area contributed by atoms with Crippen LogP contribution in [0, 0.1) is 5.92 Å². The molecule has 1 aliphatic heterocycles. The van der Waals surface area contributed by atoms with E-state index in [1.165, 1.54) is 12.1 Å². The van der Waals surface area contributed by atoms with E-state index < -0.39 is 10.0 Å². The third-order valence-electron chi connectivity index (χ3n) is 4.62. The van der Waals surface area contributed by atoms with Crippen LogP contribution in [0.25, 0.3) is 0 Å². The lowest BCUT2D eigenvalue weighted by Gasteiger charge is -2.30. The van der Waals surface area contributed by atoms with E-state index >= 15 is 0 Å². The number of hydrogen-bond donors (Lipinski definition) is 3. The van der Waals surface area contributed by atoms with Crippen molar-refractivity contribution in [3.63, 3.8) is 0 Å². The topological polar surface area (TPSA) is 128 Å². The predicted molar refractivity (Wildman–Crippen MR) is 93.9 cm³/mol. The Balaban J connectivity index is 1.85. The monoisotopic (exact) mass is 368 g/mol. The SMILES string of the molecule is NC(CNC(=O)c1cc(S(N)(=O)=O)ccc1N1CCOCC1)C1CC1. The van der Waals surface area contributed by atoms with Crippen molar-refractivity contribution >= 4 is 21.6 Å². The van der Waals surface area contributed by atoms with Crippen LogP contribution >= 0.6 is 0 Å². The molecule has 0 aromatic heterocycles. The number of rotatable bonds is 6. The second kappa shape index (κ2) is 7.28. The molecule has 3 rings (SSSR count). The summed E-state index contributed by atoms with van der Waals surface area (Å²) in [5, 5.41) is 8.03. The average Bonchev–Trinajstić information content (AvgIpc) is 3.44. The molecule has 0 spiro atoms. The molecule has 1 heterocycles. The normalized spacial score (nSPS) is 19.5. The molecule has 1 amide bonds. The number of primary sulfonamides is 1. The van der Waals surface area contributed by atoms with Gasteiger partial charge >= 0.3 is 0 Å². The van der Waals surface area contributed by atoms with Gasteiger partial charge in [0.25, 0.3) is 5.91 Å². The second-order valence-corrected chi connectivity index (χ2v) is 8.10. The zero-order chi connectivity index (χ0) is 18.0. The minimum atomic E-state index is -3.89. The van der Waals surface area contributed by atoms with Gasteiger partial charge in [-0.25, -0.2) is 13.6 Å². The Morgan fingerprint density at radius 2 is 2.00 bits per heavy atom. The highest BCUT2D eigenvalue weighted by Gasteiger charge is 2.29. The van der Waals surface area contributed by atoms with Gasteiger partial charge in [0.1, 0.15) is 0 Å². The van der Waals surface area contributed by atoms with Crippen LogP contribution in [-0.2, 0) is 14.8 Å². The molecular weight excluding hydrogens is 344 g/mol. The van der Waals surface area contributed by atoms with Gasteiger partial charge in [0, 0.05) is 31.4 Å². The molecule has 0 bridgehead atoms. The number of morpholine rings is 1. The van der Waals surface area contributed by atoms with E-state index in [4.69, 9.17) is 15.6 Å². The van der Waals surface area contributed by atoms with Crippen LogP contribution in [0.5, 0.6) is 0 Å². The van der Waals surface area contributed by atoms with Gasteiger partial charge in [-0.15, -0.1) is 0 Å². The Morgan fingerprint density at radius 3 is 2.60 bits per heavy atom. The van der Waals surface area contributed by atoms with Crippen molar-refractivity contribution in [2.24, 2.45) is 16.8 Å². The number of sulfonamides is 1. The number of nitrogens with two attached hydrogens (primary N) is 2. The number of nitrogens with one attached hydrogen (secondary N) is 1. The maximum Gasteiger partial charge on any atom is 0.253 e. The van der Waals surface area contributed by atoms with Crippen molar-refractivity contribution in [3.05, 3.63) is 23.8 Å². The standard InChI is InChI=1S/C16H24N4O4S/c17-14(11-1-2-11)10-19-16(21)13-9-12(25(18,22)23)3-4-15(13)20-5-7-24-8-6-20/h3-4,9,11,14H,1-2,5-8,10,17H2,(H,19,21)(H2,18,22,23). The molecular formula is C16H24N4O4S. The third-order valence-corrected chi connectivity index (χ3v) is 5.53.